The number of nitrogens with zero attached hydrogens (tertiary/aromatic N) is 1. The largest absolute Gasteiger partial charge is 0.481 e. The van der Waals surface area contributed by atoms with Gasteiger partial charge in [0.25, 0.3) is 0 Å². The lowest BCUT2D eigenvalue weighted by Crippen LogP contribution is -2.23. The van der Waals surface area contributed by atoms with Crippen molar-refractivity contribution in [3.63, 3.8) is 0 Å². The molecule has 1 aromatic carbocycles. The highest BCUT2D eigenvalue weighted by atomic mass is 16.4. The van der Waals surface area contributed by atoms with Gasteiger partial charge in [0.15, 0.2) is 0 Å². The van der Waals surface area contributed by atoms with E-state index in [0.717, 1.165) is 36.2 Å². The Labute approximate surface area is 111 Å². The normalized spacial score (nSPS) is 20.2. The fourth-order valence-electron chi connectivity index (χ4n) is 2.82. The van der Waals surface area contributed by atoms with E-state index in [1.54, 1.807) is 0 Å². The quantitative estimate of drug-likeness (QED) is 0.920. The maximum absolute atomic E-state index is 11.0. The Morgan fingerprint density at radius 1 is 1.47 bits per heavy atom. The number of carboxylic acids is 1. The highest BCUT2D eigenvalue weighted by Crippen LogP contribution is 2.28. The van der Waals surface area contributed by atoms with Crippen molar-refractivity contribution in [1.82, 2.24) is 4.90 Å². The lowest BCUT2D eigenvalue weighted by atomic mass is 10.1. The van der Waals surface area contributed by atoms with Crippen molar-refractivity contribution in [3.05, 3.63) is 35.6 Å². The molecular formula is C15H17NO3. The van der Waals surface area contributed by atoms with Crippen molar-refractivity contribution < 1.29 is 14.3 Å². The molecule has 2 heterocycles. The molecule has 0 saturated carbocycles. The van der Waals surface area contributed by atoms with Crippen LogP contribution in [0.3, 0.4) is 0 Å². The molecular weight excluding hydrogens is 242 g/mol. The fraction of sp³-hybridized carbons (Fsp3) is 0.400. The zero-order valence-corrected chi connectivity index (χ0v) is 10.9. The van der Waals surface area contributed by atoms with Crippen molar-refractivity contribution in [1.29, 1.82) is 0 Å². The van der Waals surface area contributed by atoms with E-state index in [2.05, 4.69) is 11.0 Å². The SMILES string of the molecule is Cc1oc2ccccc2c1CN1CCC(C(=O)O)C1. The number of fused-ring (bicyclic) bond motifs is 1. The second-order valence-corrected chi connectivity index (χ2v) is 5.19. The molecule has 3 rings (SSSR count). The first-order valence-corrected chi connectivity index (χ1v) is 6.57. The molecule has 1 N–H and O–H groups in total. The average molecular weight is 259 g/mol. The summed E-state index contributed by atoms with van der Waals surface area (Å²) in [7, 11) is 0. The Morgan fingerprint density at radius 3 is 3.00 bits per heavy atom. The summed E-state index contributed by atoms with van der Waals surface area (Å²) in [6, 6.07) is 8.00. The van der Waals surface area contributed by atoms with Crippen LogP contribution in [0.1, 0.15) is 17.7 Å². The molecule has 0 radical (unpaired) electrons. The number of benzene rings is 1. The molecule has 0 amide bonds. The van der Waals surface area contributed by atoms with E-state index in [-0.39, 0.29) is 5.92 Å². The second kappa shape index (κ2) is 4.70. The Morgan fingerprint density at radius 2 is 2.26 bits per heavy atom. The smallest absolute Gasteiger partial charge is 0.307 e. The Hall–Kier alpha value is -1.81. The van der Waals surface area contributed by atoms with Crippen molar-refractivity contribution in [2.75, 3.05) is 13.1 Å². The zero-order valence-electron chi connectivity index (χ0n) is 10.9. The topological polar surface area (TPSA) is 53.7 Å². The van der Waals surface area contributed by atoms with Gasteiger partial charge in [-0.2, -0.15) is 0 Å². The number of rotatable bonds is 3. The van der Waals surface area contributed by atoms with Gasteiger partial charge in [-0.05, 0) is 26.0 Å². The molecule has 2 aromatic rings. The van der Waals surface area contributed by atoms with Gasteiger partial charge in [-0.3, -0.25) is 9.69 Å². The molecule has 0 aliphatic carbocycles. The molecule has 100 valence electrons. The van der Waals surface area contributed by atoms with Crippen LogP contribution in [0.2, 0.25) is 0 Å². The van der Waals surface area contributed by atoms with Crippen molar-refractivity contribution >= 4 is 16.9 Å². The van der Waals surface area contributed by atoms with Crippen LogP contribution >= 0.6 is 0 Å². The van der Waals surface area contributed by atoms with Gasteiger partial charge in [-0.1, -0.05) is 18.2 Å². The van der Waals surface area contributed by atoms with E-state index in [1.807, 2.05) is 25.1 Å². The number of furan rings is 1. The molecule has 19 heavy (non-hydrogen) atoms. The van der Waals surface area contributed by atoms with Crippen LogP contribution in [0, 0.1) is 12.8 Å². The number of carboxylic acid groups (broad SMARTS) is 1. The van der Waals surface area contributed by atoms with E-state index < -0.39 is 5.97 Å². The minimum absolute atomic E-state index is 0.224. The monoisotopic (exact) mass is 259 g/mol. The Bertz CT molecular complexity index is 617. The van der Waals surface area contributed by atoms with Crippen molar-refractivity contribution in [3.8, 4) is 0 Å². The number of aryl methyl sites for hydroxylation is 1. The molecule has 1 fully saturated rings. The van der Waals surface area contributed by atoms with Crippen molar-refractivity contribution in [2.45, 2.75) is 19.9 Å². The first kappa shape index (κ1) is 12.2. The first-order valence-electron chi connectivity index (χ1n) is 6.57. The molecule has 4 heteroatoms. The summed E-state index contributed by atoms with van der Waals surface area (Å²) in [6.45, 7) is 4.22. The molecule has 0 spiro atoms. The van der Waals surface area contributed by atoms with Gasteiger partial charge in [-0.15, -0.1) is 0 Å². The van der Waals surface area contributed by atoms with E-state index in [1.165, 1.54) is 5.56 Å². The standard InChI is InChI=1S/C15H17NO3/c1-10-13(12-4-2-3-5-14(12)19-10)9-16-7-6-11(8-16)15(17)18/h2-5,11H,6-9H2,1H3,(H,17,18). The number of hydrogen-bond donors (Lipinski definition) is 1. The molecule has 1 atom stereocenters. The first-order chi connectivity index (χ1) is 9.15. The van der Waals surface area contributed by atoms with E-state index in [9.17, 15) is 4.79 Å². The van der Waals surface area contributed by atoms with Crippen LogP contribution in [-0.2, 0) is 11.3 Å². The van der Waals surface area contributed by atoms with Gasteiger partial charge in [0.1, 0.15) is 11.3 Å². The number of aliphatic carboxylic acids is 1. The third kappa shape index (κ3) is 2.24. The van der Waals surface area contributed by atoms with E-state index >= 15 is 0 Å². The van der Waals surface area contributed by atoms with Gasteiger partial charge in [0.05, 0.1) is 5.92 Å². The van der Waals surface area contributed by atoms with E-state index in [4.69, 9.17) is 9.52 Å². The summed E-state index contributed by atoms with van der Waals surface area (Å²) < 4.78 is 5.74. The number of carbonyl (C=O) groups is 1. The molecule has 1 aliphatic heterocycles. The van der Waals surface area contributed by atoms with Crippen molar-refractivity contribution in [2.24, 2.45) is 5.92 Å². The van der Waals surface area contributed by atoms with Crippen LogP contribution < -0.4 is 0 Å². The molecule has 4 nitrogen and oxygen atoms in total. The fourth-order valence-corrected chi connectivity index (χ4v) is 2.82. The summed E-state index contributed by atoms with van der Waals surface area (Å²) in [6.07, 6.45) is 0.740. The minimum Gasteiger partial charge on any atom is -0.481 e. The van der Waals surface area contributed by atoms with Gasteiger partial charge in [-0.25, -0.2) is 0 Å². The molecule has 1 saturated heterocycles. The second-order valence-electron chi connectivity index (χ2n) is 5.19. The molecule has 1 unspecified atom stereocenters. The lowest BCUT2D eigenvalue weighted by molar-refractivity contribution is -0.141. The van der Waals surface area contributed by atoms with Gasteiger partial charge < -0.3 is 9.52 Å². The number of para-hydroxylation sites is 1. The molecule has 1 aromatic heterocycles. The highest BCUT2D eigenvalue weighted by molar-refractivity contribution is 5.82. The predicted molar refractivity (Wildman–Crippen MR) is 72.0 cm³/mol. The third-order valence-corrected chi connectivity index (χ3v) is 3.90. The van der Waals surface area contributed by atoms with Crippen LogP contribution in [0.4, 0.5) is 0 Å². The van der Waals surface area contributed by atoms with Gasteiger partial charge in [0, 0.05) is 24.0 Å². The summed E-state index contributed by atoms with van der Waals surface area (Å²) in [5, 5.41) is 10.2. The molecule has 1 aliphatic rings. The summed E-state index contributed by atoms with van der Waals surface area (Å²) in [4.78, 5) is 13.2. The summed E-state index contributed by atoms with van der Waals surface area (Å²) >= 11 is 0. The third-order valence-electron chi connectivity index (χ3n) is 3.90. The Balaban J connectivity index is 1.82. The minimum atomic E-state index is -0.684. The summed E-state index contributed by atoms with van der Waals surface area (Å²) in [5.74, 6) is 0.0229. The lowest BCUT2D eigenvalue weighted by Gasteiger charge is -2.14. The maximum Gasteiger partial charge on any atom is 0.307 e. The highest BCUT2D eigenvalue weighted by Gasteiger charge is 2.28. The van der Waals surface area contributed by atoms with Gasteiger partial charge in [0.2, 0.25) is 0 Å². The van der Waals surface area contributed by atoms with E-state index in [0.29, 0.717) is 6.54 Å². The zero-order chi connectivity index (χ0) is 13.4. The van der Waals surface area contributed by atoms with Crippen LogP contribution in [0.15, 0.2) is 28.7 Å². The van der Waals surface area contributed by atoms with Gasteiger partial charge >= 0.3 is 5.97 Å². The van der Waals surface area contributed by atoms with Crippen LogP contribution in [0.25, 0.3) is 11.0 Å². The van der Waals surface area contributed by atoms with Crippen LogP contribution in [0.5, 0.6) is 0 Å². The number of likely N-dealkylation sites (tertiary alicyclic amines) is 1. The predicted octanol–water partition coefficient (Wildman–Crippen LogP) is 2.65. The molecule has 0 bridgehead atoms. The maximum atomic E-state index is 11.0. The van der Waals surface area contributed by atoms with Crippen LogP contribution in [-0.4, -0.2) is 29.1 Å². The Kier molecular flexibility index (Phi) is 3.03. The average Bonchev–Trinajstić information content (AvgIpc) is 2.96. The summed E-state index contributed by atoms with van der Waals surface area (Å²) in [5.41, 5.74) is 2.09. The number of hydrogen-bond acceptors (Lipinski definition) is 3.